The highest BCUT2D eigenvalue weighted by molar-refractivity contribution is 7.84. The number of aliphatic hydroxyl groups excluding tert-OH is 2. The molecular weight excluding hydrogens is 809 g/mol. The molecule has 2 fully saturated rings. The van der Waals surface area contributed by atoms with E-state index in [9.17, 15) is 27.0 Å². The van der Waals surface area contributed by atoms with Crippen molar-refractivity contribution in [3.8, 4) is 0 Å². The van der Waals surface area contributed by atoms with Gasteiger partial charge in [-0.1, -0.05) is 48.5 Å². The summed E-state index contributed by atoms with van der Waals surface area (Å²) in [5.74, 6) is 0.895. The first kappa shape index (κ1) is 40.7. The maximum Gasteiger partial charge on any atom is 0.333 e. The number of benzene rings is 2. The van der Waals surface area contributed by atoms with Gasteiger partial charge in [-0.15, -0.1) is 0 Å². The van der Waals surface area contributed by atoms with Gasteiger partial charge in [0.25, 0.3) is 0 Å². The van der Waals surface area contributed by atoms with E-state index in [0.717, 1.165) is 72.0 Å². The molecule has 4 aliphatic rings. The first-order valence-corrected chi connectivity index (χ1v) is 23.3. The van der Waals surface area contributed by atoms with Crippen LogP contribution in [0.15, 0.2) is 85.7 Å². The highest BCUT2D eigenvalue weighted by atomic mass is 32.2. The molecule has 4 heterocycles. The summed E-state index contributed by atoms with van der Waals surface area (Å²) in [6, 6.07) is 20.9. The zero-order valence-corrected chi connectivity index (χ0v) is 34.4. The Balaban J connectivity index is 0.000000154. The van der Waals surface area contributed by atoms with E-state index in [2.05, 4.69) is 68.5 Å². The van der Waals surface area contributed by atoms with Crippen LogP contribution in [0.4, 0.5) is 0 Å². The van der Waals surface area contributed by atoms with Gasteiger partial charge in [0.1, 0.15) is 36.2 Å². The summed E-state index contributed by atoms with van der Waals surface area (Å²) in [4.78, 5) is 18.1. The molecule has 316 valence electrons. The molecule has 8 atom stereocenters. The maximum atomic E-state index is 11.3. The van der Waals surface area contributed by atoms with Crippen LogP contribution in [0.1, 0.15) is 96.1 Å². The minimum atomic E-state index is -4.11. The number of aliphatic hydroxyl groups is 2. The second-order valence-electron chi connectivity index (χ2n) is 16.5. The van der Waals surface area contributed by atoms with Gasteiger partial charge in [0.05, 0.1) is 23.6 Å². The topological polar surface area (TPSA) is 241 Å². The third-order valence-electron chi connectivity index (χ3n) is 12.8. The van der Waals surface area contributed by atoms with Gasteiger partial charge in [-0.25, -0.2) is 30.2 Å². The van der Waals surface area contributed by atoms with E-state index in [0.29, 0.717) is 37.5 Å². The molecular formula is C42H48N8O8S2. The van der Waals surface area contributed by atoms with E-state index in [4.69, 9.17) is 18.6 Å². The molecule has 0 saturated heterocycles. The van der Waals surface area contributed by atoms with Crippen LogP contribution in [0.25, 0.3) is 22.1 Å². The van der Waals surface area contributed by atoms with Gasteiger partial charge in [0.15, 0.2) is 0 Å². The summed E-state index contributed by atoms with van der Waals surface area (Å²) in [5.41, 5.74) is 9.26. The SMILES string of the molecule is NS(=O)(=O)O[C@@H]1C[C@@H](n2ccc3c(C[C@H]4CCc5ccccc54)ncnc32)C[C@@H]1O.NS(=O)(=O)O[C@H]1C[C@H](n2ccc3c(C[C@H]4CCc5ccccc54)ncnc32)C[C@H]1O. The van der Waals surface area contributed by atoms with Crippen LogP contribution in [0.3, 0.4) is 0 Å². The standard InChI is InChI=1S/2C21H24N4O4S/c2*22-30(27,28)29-20-11-15(10-19(20)26)25-8-7-17-18(23-12-24-21(17)25)9-14-6-5-13-3-1-2-4-16(13)14/h2*1-4,7-8,12,14-15,19-20,26H,5-6,9-11H2,(H2,22,27,28)/t14-,15+,19+,20-;14-,15-,19-,20+/m11/s1. The molecule has 2 saturated carbocycles. The number of nitrogens with two attached hydrogens (primary N) is 2. The van der Waals surface area contributed by atoms with E-state index < -0.39 is 45.0 Å². The number of fused-ring (bicyclic) bond motifs is 4. The largest absolute Gasteiger partial charge is 0.390 e. The van der Waals surface area contributed by atoms with E-state index in [-0.39, 0.29) is 12.1 Å². The molecule has 2 aromatic carbocycles. The van der Waals surface area contributed by atoms with E-state index in [1.165, 1.54) is 22.3 Å². The normalized spacial score (nSPS) is 26.3. The molecule has 18 heteroatoms. The highest BCUT2D eigenvalue weighted by Crippen LogP contribution is 2.40. The molecule has 4 aromatic heterocycles. The number of hydrogen-bond acceptors (Lipinski definition) is 12. The zero-order chi connectivity index (χ0) is 41.8. The number of hydrogen-bond donors (Lipinski definition) is 4. The third kappa shape index (κ3) is 8.47. The van der Waals surface area contributed by atoms with Crippen LogP contribution in [-0.4, -0.2) is 80.5 Å². The Labute approximate surface area is 348 Å². The maximum absolute atomic E-state index is 11.3. The fourth-order valence-corrected chi connectivity index (χ4v) is 11.2. The lowest BCUT2D eigenvalue weighted by Crippen LogP contribution is -2.29. The Hall–Kier alpha value is -4.66. The average molecular weight is 857 g/mol. The summed E-state index contributed by atoms with van der Waals surface area (Å²) in [6.07, 6.45) is 11.1. The molecule has 6 aromatic rings. The van der Waals surface area contributed by atoms with Crippen molar-refractivity contribution in [1.82, 2.24) is 29.1 Å². The lowest BCUT2D eigenvalue weighted by Gasteiger charge is -2.15. The quantitative estimate of drug-likeness (QED) is 0.153. The third-order valence-corrected chi connectivity index (χ3v) is 13.8. The Kier molecular flexibility index (Phi) is 11.1. The molecule has 0 unspecified atom stereocenters. The Bertz CT molecular complexity index is 2570. The highest BCUT2D eigenvalue weighted by Gasteiger charge is 2.39. The second kappa shape index (κ2) is 16.3. The molecule has 0 bridgehead atoms. The molecule has 0 aliphatic heterocycles. The van der Waals surface area contributed by atoms with E-state index in [1.54, 1.807) is 12.7 Å². The van der Waals surface area contributed by atoms with Crippen LogP contribution in [0.5, 0.6) is 0 Å². The van der Waals surface area contributed by atoms with Gasteiger partial charge in [-0.3, -0.25) is 8.37 Å². The minimum absolute atomic E-state index is 0.126. The summed E-state index contributed by atoms with van der Waals surface area (Å²) in [5, 5.41) is 32.4. The first-order valence-electron chi connectivity index (χ1n) is 20.3. The van der Waals surface area contributed by atoms with Gasteiger partial charge < -0.3 is 19.3 Å². The van der Waals surface area contributed by atoms with Crippen molar-refractivity contribution < 1.29 is 35.4 Å². The minimum Gasteiger partial charge on any atom is -0.390 e. The Morgan fingerprint density at radius 2 is 1.02 bits per heavy atom. The van der Waals surface area contributed by atoms with Crippen molar-refractivity contribution in [2.75, 3.05) is 0 Å². The lowest BCUT2D eigenvalue weighted by atomic mass is 9.95. The molecule has 0 amide bonds. The second-order valence-corrected chi connectivity index (χ2v) is 18.8. The van der Waals surface area contributed by atoms with Crippen molar-refractivity contribution in [1.29, 1.82) is 0 Å². The van der Waals surface area contributed by atoms with Gasteiger partial charge in [0.2, 0.25) is 0 Å². The summed E-state index contributed by atoms with van der Waals surface area (Å²) >= 11 is 0. The van der Waals surface area contributed by atoms with Gasteiger partial charge in [-0.05, 0) is 110 Å². The number of rotatable bonds is 10. The van der Waals surface area contributed by atoms with Gasteiger partial charge >= 0.3 is 20.6 Å². The fourth-order valence-electron chi connectivity index (χ4n) is 10.1. The lowest BCUT2D eigenvalue weighted by molar-refractivity contribution is 0.0645. The van der Waals surface area contributed by atoms with Crippen molar-refractivity contribution in [3.05, 3.63) is 119 Å². The number of aromatic nitrogens is 6. The predicted molar refractivity (Wildman–Crippen MR) is 222 cm³/mol. The van der Waals surface area contributed by atoms with Crippen LogP contribution in [0, 0.1) is 0 Å². The molecule has 60 heavy (non-hydrogen) atoms. The van der Waals surface area contributed by atoms with E-state index >= 15 is 0 Å². The van der Waals surface area contributed by atoms with Crippen LogP contribution >= 0.6 is 0 Å². The Morgan fingerprint density at radius 3 is 1.43 bits per heavy atom. The van der Waals surface area contributed by atoms with Crippen molar-refractivity contribution in [2.24, 2.45) is 10.3 Å². The van der Waals surface area contributed by atoms with Crippen molar-refractivity contribution in [2.45, 2.75) is 113 Å². The molecule has 0 spiro atoms. The van der Waals surface area contributed by atoms with E-state index in [1.807, 2.05) is 33.7 Å². The fraction of sp³-hybridized carbons (Fsp3) is 0.429. The molecule has 0 radical (unpaired) electrons. The Morgan fingerprint density at radius 1 is 0.600 bits per heavy atom. The van der Waals surface area contributed by atoms with Crippen LogP contribution in [0.2, 0.25) is 0 Å². The van der Waals surface area contributed by atoms with Gasteiger partial charge in [-0.2, -0.15) is 16.8 Å². The molecule has 6 N–H and O–H groups in total. The van der Waals surface area contributed by atoms with Gasteiger partial charge in [0, 0.05) is 35.2 Å². The molecule has 16 nitrogen and oxygen atoms in total. The first-order chi connectivity index (χ1) is 28.8. The predicted octanol–water partition coefficient (Wildman–Crippen LogP) is 3.98. The average Bonchev–Trinajstić information content (AvgIpc) is 4.07. The summed E-state index contributed by atoms with van der Waals surface area (Å²) < 4.78 is 58.7. The number of nitrogens with zero attached hydrogens (tertiary/aromatic N) is 6. The van der Waals surface area contributed by atoms with Crippen molar-refractivity contribution >= 4 is 42.7 Å². The summed E-state index contributed by atoms with van der Waals surface area (Å²) in [7, 11) is -8.23. The molecule has 4 aliphatic carbocycles. The number of aryl methyl sites for hydroxylation is 2. The zero-order valence-electron chi connectivity index (χ0n) is 32.8. The monoisotopic (exact) mass is 856 g/mol. The van der Waals surface area contributed by atoms with Crippen LogP contribution in [-0.2, 0) is 54.7 Å². The van der Waals surface area contributed by atoms with Crippen LogP contribution < -0.4 is 10.3 Å². The summed E-state index contributed by atoms with van der Waals surface area (Å²) in [6.45, 7) is 0. The van der Waals surface area contributed by atoms with Crippen molar-refractivity contribution in [3.63, 3.8) is 0 Å². The molecule has 10 rings (SSSR count). The smallest absolute Gasteiger partial charge is 0.333 e.